The molecule has 1 atom stereocenters. The van der Waals surface area contributed by atoms with Crippen LogP contribution in [0.3, 0.4) is 0 Å². The molecular formula is C18H17F13O10S. The zero-order chi connectivity index (χ0) is 33.8. The number of ether oxygens (including phenoxy) is 4. The van der Waals surface area contributed by atoms with E-state index in [1.807, 2.05) is 0 Å². The third-order valence-corrected chi connectivity index (χ3v) is 5.26. The quantitative estimate of drug-likeness (QED) is 0.0686. The van der Waals surface area contributed by atoms with Crippen molar-refractivity contribution in [3.05, 3.63) is 12.2 Å². The summed E-state index contributed by atoms with van der Waals surface area (Å²) in [5, 5.41) is -6.08. The lowest BCUT2D eigenvalue weighted by Gasteiger charge is -2.40. The van der Waals surface area contributed by atoms with Gasteiger partial charge in [0.25, 0.3) is 0 Å². The van der Waals surface area contributed by atoms with Crippen LogP contribution in [0.4, 0.5) is 57.1 Å². The molecule has 1 unspecified atom stereocenters. The van der Waals surface area contributed by atoms with Crippen LogP contribution in [-0.4, -0.2) is 98.5 Å². The summed E-state index contributed by atoms with van der Waals surface area (Å²) < 4.78 is 219. The molecular weight excluding hydrogens is 655 g/mol. The van der Waals surface area contributed by atoms with Crippen LogP contribution in [-0.2, 0) is 43.4 Å². The summed E-state index contributed by atoms with van der Waals surface area (Å²) in [4.78, 5) is 34.0. The fraction of sp³-hybridized carbons (Fsp3) is 0.722. The van der Waals surface area contributed by atoms with Crippen molar-refractivity contribution < 1.29 is 103 Å². The summed E-state index contributed by atoms with van der Waals surface area (Å²) in [6, 6.07) is 0. The third-order valence-electron chi connectivity index (χ3n) is 4.44. The summed E-state index contributed by atoms with van der Waals surface area (Å²) >= 11 is 0. The number of hydrogen-bond acceptors (Lipinski definition) is 9. The molecule has 0 amide bonds. The molecule has 0 fully saturated rings. The Bertz CT molecular complexity index is 1100. The van der Waals surface area contributed by atoms with E-state index < -0.39 is 102 Å². The SMILES string of the molecule is C=C(C)C(=O)OCCOC(=O)COCC(CC(F)(F)C(F)(F)C(F)(C(F)(F)F)C(F)(F)F)OC(=O)C(F)(F)S(=O)(=O)O. The predicted molar refractivity (Wildman–Crippen MR) is 104 cm³/mol. The van der Waals surface area contributed by atoms with E-state index in [2.05, 4.69) is 25.5 Å². The molecule has 24 heteroatoms. The van der Waals surface area contributed by atoms with Crippen LogP contribution in [0, 0.1) is 0 Å². The molecule has 0 aromatic rings. The summed E-state index contributed by atoms with van der Waals surface area (Å²) in [5.74, 6) is -20.8. The second kappa shape index (κ2) is 13.2. The minimum atomic E-state index is -7.98. The normalized spacial score (nSPS) is 14.6. The molecule has 0 aliphatic carbocycles. The van der Waals surface area contributed by atoms with Crippen molar-refractivity contribution in [3.8, 4) is 0 Å². The van der Waals surface area contributed by atoms with Gasteiger partial charge in [0, 0.05) is 5.57 Å². The monoisotopic (exact) mass is 672 g/mol. The van der Waals surface area contributed by atoms with Gasteiger partial charge in [-0.1, -0.05) is 6.58 Å². The Morgan fingerprint density at radius 3 is 1.69 bits per heavy atom. The van der Waals surface area contributed by atoms with Gasteiger partial charge in [0.2, 0.25) is 0 Å². The number of halogens is 13. The minimum absolute atomic E-state index is 0.0947. The van der Waals surface area contributed by atoms with Crippen molar-refractivity contribution in [2.45, 2.75) is 54.6 Å². The Hall–Kier alpha value is -2.89. The third kappa shape index (κ3) is 8.81. The molecule has 0 saturated carbocycles. The van der Waals surface area contributed by atoms with Crippen molar-refractivity contribution in [2.24, 2.45) is 0 Å². The Morgan fingerprint density at radius 1 is 0.833 bits per heavy atom. The molecule has 0 aliphatic heterocycles. The van der Waals surface area contributed by atoms with Crippen molar-refractivity contribution in [3.63, 3.8) is 0 Å². The number of alkyl halides is 13. The van der Waals surface area contributed by atoms with E-state index in [9.17, 15) is 79.9 Å². The average molecular weight is 672 g/mol. The average Bonchev–Trinajstić information content (AvgIpc) is 2.78. The lowest BCUT2D eigenvalue weighted by atomic mass is 9.88. The lowest BCUT2D eigenvalue weighted by Crippen LogP contribution is -2.70. The van der Waals surface area contributed by atoms with Gasteiger partial charge in [-0.05, 0) is 6.92 Å². The Kier molecular flexibility index (Phi) is 12.3. The van der Waals surface area contributed by atoms with E-state index in [4.69, 9.17) is 4.55 Å². The molecule has 0 radical (unpaired) electrons. The zero-order valence-corrected chi connectivity index (χ0v) is 21.1. The van der Waals surface area contributed by atoms with Crippen LogP contribution in [0.25, 0.3) is 0 Å². The van der Waals surface area contributed by atoms with E-state index in [1.54, 1.807) is 0 Å². The highest BCUT2D eigenvalue weighted by Gasteiger charge is 2.90. The van der Waals surface area contributed by atoms with E-state index in [0.29, 0.717) is 0 Å². The number of rotatable bonds is 15. The molecule has 10 nitrogen and oxygen atoms in total. The molecule has 0 saturated heterocycles. The summed E-state index contributed by atoms with van der Waals surface area (Å²) in [5.41, 5.74) is -8.08. The molecule has 0 aromatic carbocycles. The van der Waals surface area contributed by atoms with Crippen molar-refractivity contribution in [1.82, 2.24) is 0 Å². The van der Waals surface area contributed by atoms with E-state index >= 15 is 0 Å². The first-order valence-corrected chi connectivity index (χ1v) is 11.6. The first kappa shape index (κ1) is 39.1. The van der Waals surface area contributed by atoms with E-state index in [-0.39, 0.29) is 5.57 Å². The molecule has 0 heterocycles. The highest BCUT2D eigenvalue weighted by atomic mass is 32.2. The summed E-state index contributed by atoms with van der Waals surface area (Å²) in [6.45, 7) is -0.567. The van der Waals surface area contributed by atoms with Crippen LogP contribution in [0.1, 0.15) is 13.3 Å². The van der Waals surface area contributed by atoms with Gasteiger partial charge in [0.15, 0.2) is 0 Å². The predicted octanol–water partition coefficient (Wildman–Crippen LogP) is 3.55. The maximum Gasteiger partial charge on any atom is 0.465 e. The Balaban J connectivity index is 6.01. The standard InChI is InChI=1S/C18H17F13O10S/c1-8(2)11(33)40-4-3-39-10(32)7-38-6-9(41-12(34)14(21,22)42(35,36)37)5-13(19,20)16(24,25)15(23,17(26,27)28)18(29,30)31/h9H,1,3-7H2,2H3,(H,35,36,37). The smallest absolute Gasteiger partial charge is 0.460 e. The van der Waals surface area contributed by atoms with E-state index in [0.717, 1.165) is 0 Å². The summed E-state index contributed by atoms with van der Waals surface area (Å²) in [7, 11) is -6.80. The van der Waals surface area contributed by atoms with Gasteiger partial charge in [-0.25, -0.2) is 18.8 Å². The van der Waals surface area contributed by atoms with Gasteiger partial charge in [0.05, 0.1) is 13.0 Å². The first-order chi connectivity index (χ1) is 18.5. The maximum absolute atomic E-state index is 14.2. The summed E-state index contributed by atoms with van der Waals surface area (Å²) in [6.07, 6.45) is -22.5. The van der Waals surface area contributed by atoms with Crippen LogP contribution in [0.2, 0.25) is 0 Å². The molecule has 0 rings (SSSR count). The maximum atomic E-state index is 14.2. The highest BCUT2D eigenvalue weighted by Crippen LogP contribution is 2.60. The van der Waals surface area contributed by atoms with Crippen LogP contribution in [0.15, 0.2) is 12.2 Å². The van der Waals surface area contributed by atoms with Gasteiger partial charge in [-0.3, -0.25) is 4.55 Å². The van der Waals surface area contributed by atoms with Gasteiger partial charge in [-0.15, -0.1) is 0 Å². The largest absolute Gasteiger partial charge is 0.465 e. The fourth-order valence-corrected chi connectivity index (χ4v) is 2.63. The van der Waals surface area contributed by atoms with Crippen molar-refractivity contribution >= 4 is 28.0 Å². The molecule has 246 valence electrons. The molecule has 0 aliphatic rings. The fourth-order valence-electron chi connectivity index (χ4n) is 2.37. The van der Waals surface area contributed by atoms with Crippen LogP contribution >= 0.6 is 0 Å². The topological polar surface area (TPSA) is 142 Å². The molecule has 42 heavy (non-hydrogen) atoms. The number of carbonyl (C=O) groups is 3. The number of carbonyl (C=O) groups excluding carboxylic acids is 3. The molecule has 1 N–H and O–H groups in total. The van der Waals surface area contributed by atoms with Crippen molar-refractivity contribution in [2.75, 3.05) is 26.4 Å². The van der Waals surface area contributed by atoms with Gasteiger partial charge < -0.3 is 18.9 Å². The first-order valence-electron chi connectivity index (χ1n) is 10.2. The molecule has 0 aromatic heterocycles. The van der Waals surface area contributed by atoms with Gasteiger partial charge in [-0.2, -0.15) is 61.1 Å². The molecule has 0 spiro atoms. The Labute approximate surface area is 225 Å². The number of esters is 3. The van der Waals surface area contributed by atoms with E-state index in [1.165, 1.54) is 6.92 Å². The van der Waals surface area contributed by atoms with Crippen LogP contribution in [0.5, 0.6) is 0 Å². The van der Waals surface area contributed by atoms with Crippen molar-refractivity contribution in [1.29, 1.82) is 0 Å². The van der Waals surface area contributed by atoms with Crippen LogP contribution < -0.4 is 0 Å². The zero-order valence-electron chi connectivity index (χ0n) is 20.3. The molecule has 0 bridgehead atoms. The number of hydrogen-bond donors (Lipinski definition) is 1. The second-order valence-electron chi connectivity index (χ2n) is 7.81. The Morgan fingerprint density at radius 2 is 1.29 bits per heavy atom. The minimum Gasteiger partial charge on any atom is -0.460 e. The van der Waals surface area contributed by atoms with Gasteiger partial charge in [0.1, 0.15) is 25.9 Å². The second-order valence-corrected chi connectivity index (χ2v) is 9.27. The highest BCUT2D eigenvalue weighted by molar-refractivity contribution is 7.87. The lowest BCUT2D eigenvalue weighted by molar-refractivity contribution is -0.428. The van der Waals surface area contributed by atoms with Gasteiger partial charge >= 0.3 is 63.1 Å².